The summed E-state index contributed by atoms with van der Waals surface area (Å²) in [7, 11) is 0. The molecule has 0 amide bonds. The minimum atomic E-state index is -4.32. The van der Waals surface area contributed by atoms with E-state index in [4.69, 9.17) is 0 Å². The van der Waals surface area contributed by atoms with E-state index >= 15 is 0 Å². The maximum atomic E-state index is 12.6. The molecular formula is C15H16F3N3. The number of hydrogen-bond donors (Lipinski definition) is 1. The van der Waals surface area contributed by atoms with E-state index in [1.165, 1.54) is 12.4 Å². The number of benzene rings is 1. The summed E-state index contributed by atoms with van der Waals surface area (Å²) < 4.78 is 37.9. The smallest absolute Gasteiger partial charge is 0.366 e. The van der Waals surface area contributed by atoms with Crippen molar-refractivity contribution < 1.29 is 13.2 Å². The van der Waals surface area contributed by atoms with Gasteiger partial charge in [-0.15, -0.1) is 0 Å². The van der Waals surface area contributed by atoms with Crippen molar-refractivity contribution in [3.05, 3.63) is 53.5 Å². The van der Waals surface area contributed by atoms with Crippen molar-refractivity contribution in [2.24, 2.45) is 0 Å². The number of aryl methyl sites for hydroxylation is 1. The zero-order valence-corrected chi connectivity index (χ0v) is 11.6. The van der Waals surface area contributed by atoms with Crippen LogP contribution in [0.4, 0.5) is 19.0 Å². The number of alkyl halides is 3. The number of halogens is 3. The molecule has 112 valence electrons. The summed E-state index contributed by atoms with van der Waals surface area (Å²) in [5.74, 6) is 0.617. The molecule has 0 aliphatic heterocycles. The third-order valence-electron chi connectivity index (χ3n) is 2.96. The molecule has 0 saturated carbocycles. The van der Waals surface area contributed by atoms with Gasteiger partial charge >= 0.3 is 6.18 Å². The molecule has 2 rings (SSSR count). The monoisotopic (exact) mass is 295 g/mol. The molecule has 0 radical (unpaired) electrons. The summed E-state index contributed by atoms with van der Waals surface area (Å²) in [6, 6.07) is 7.07. The molecule has 6 heteroatoms. The van der Waals surface area contributed by atoms with Crippen LogP contribution in [0, 0.1) is 0 Å². The number of nitrogens with one attached hydrogen (secondary N) is 1. The fraction of sp³-hybridized carbons (Fsp3) is 0.333. The standard InChI is InChI=1S/C15H16F3N3/c1-2-4-13-8-14(21-10-20-13)19-9-11-5-3-6-12(7-11)15(16,17)18/h3,5-8,10H,2,4,9H2,1H3,(H,19,20,21). The molecule has 0 aliphatic rings. The van der Waals surface area contributed by atoms with Gasteiger partial charge in [0.25, 0.3) is 0 Å². The van der Waals surface area contributed by atoms with Gasteiger partial charge in [0.15, 0.2) is 0 Å². The van der Waals surface area contributed by atoms with Crippen LogP contribution in [0.3, 0.4) is 0 Å². The van der Waals surface area contributed by atoms with Crippen LogP contribution in [0.15, 0.2) is 36.7 Å². The lowest BCUT2D eigenvalue weighted by molar-refractivity contribution is -0.137. The van der Waals surface area contributed by atoms with E-state index < -0.39 is 11.7 Å². The number of anilines is 1. The molecular weight excluding hydrogens is 279 g/mol. The molecule has 0 spiro atoms. The Labute approximate surface area is 121 Å². The highest BCUT2D eigenvalue weighted by atomic mass is 19.4. The van der Waals surface area contributed by atoms with Crippen LogP contribution < -0.4 is 5.32 Å². The molecule has 0 unspecified atom stereocenters. The molecule has 0 bridgehead atoms. The Morgan fingerprint density at radius 2 is 1.95 bits per heavy atom. The first-order valence-electron chi connectivity index (χ1n) is 6.70. The first-order chi connectivity index (χ1) is 9.99. The predicted octanol–water partition coefficient (Wildman–Crippen LogP) is 4.06. The van der Waals surface area contributed by atoms with Crippen molar-refractivity contribution in [3.8, 4) is 0 Å². The van der Waals surface area contributed by atoms with E-state index in [1.807, 2.05) is 6.07 Å². The van der Waals surface area contributed by atoms with E-state index in [9.17, 15) is 13.2 Å². The Morgan fingerprint density at radius 1 is 1.14 bits per heavy atom. The molecule has 1 N–H and O–H groups in total. The fourth-order valence-corrected chi connectivity index (χ4v) is 1.94. The SMILES string of the molecule is CCCc1cc(NCc2cccc(C(F)(F)F)c2)ncn1. The van der Waals surface area contributed by atoms with Gasteiger partial charge in [-0.2, -0.15) is 13.2 Å². The van der Waals surface area contributed by atoms with Crippen molar-refractivity contribution in [3.63, 3.8) is 0 Å². The lowest BCUT2D eigenvalue weighted by atomic mass is 10.1. The molecule has 1 heterocycles. The van der Waals surface area contributed by atoms with Crippen LogP contribution in [-0.2, 0) is 19.1 Å². The first-order valence-corrected chi connectivity index (χ1v) is 6.70. The number of aromatic nitrogens is 2. The van der Waals surface area contributed by atoms with E-state index in [2.05, 4.69) is 22.2 Å². The Kier molecular flexibility index (Phi) is 4.77. The van der Waals surface area contributed by atoms with E-state index in [0.29, 0.717) is 11.4 Å². The Bertz CT molecular complexity index is 597. The zero-order valence-electron chi connectivity index (χ0n) is 11.6. The topological polar surface area (TPSA) is 37.8 Å². The number of rotatable bonds is 5. The van der Waals surface area contributed by atoms with E-state index in [0.717, 1.165) is 30.7 Å². The van der Waals surface area contributed by atoms with Gasteiger partial charge in [-0.25, -0.2) is 9.97 Å². The molecule has 2 aromatic rings. The molecule has 0 fully saturated rings. The minimum Gasteiger partial charge on any atom is -0.366 e. The summed E-state index contributed by atoms with van der Waals surface area (Å²) in [6.45, 7) is 2.34. The van der Waals surface area contributed by atoms with E-state index in [1.54, 1.807) is 6.07 Å². The fourth-order valence-electron chi connectivity index (χ4n) is 1.94. The average Bonchev–Trinajstić information content (AvgIpc) is 2.45. The summed E-state index contributed by atoms with van der Waals surface area (Å²) in [5, 5.41) is 3.02. The predicted molar refractivity (Wildman–Crippen MR) is 74.8 cm³/mol. The maximum absolute atomic E-state index is 12.6. The van der Waals surface area contributed by atoms with Crippen LogP contribution in [0.5, 0.6) is 0 Å². The second-order valence-electron chi connectivity index (χ2n) is 4.70. The average molecular weight is 295 g/mol. The highest BCUT2D eigenvalue weighted by molar-refractivity contribution is 5.37. The summed E-state index contributed by atoms with van der Waals surface area (Å²) in [4.78, 5) is 8.19. The van der Waals surface area contributed by atoms with Gasteiger partial charge in [-0.1, -0.05) is 25.5 Å². The third kappa shape index (κ3) is 4.44. The lowest BCUT2D eigenvalue weighted by Crippen LogP contribution is -2.07. The normalized spacial score (nSPS) is 11.4. The maximum Gasteiger partial charge on any atom is 0.416 e. The van der Waals surface area contributed by atoms with Gasteiger partial charge in [-0.3, -0.25) is 0 Å². The van der Waals surface area contributed by atoms with Gasteiger partial charge in [0.05, 0.1) is 5.56 Å². The van der Waals surface area contributed by atoms with Crippen LogP contribution in [0.2, 0.25) is 0 Å². The van der Waals surface area contributed by atoms with Gasteiger partial charge in [0, 0.05) is 18.3 Å². The highest BCUT2D eigenvalue weighted by Crippen LogP contribution is 2.29. The van der Waals surface area contributed by atoms with Crippen molar-refractivity contribution in [1.29, 1.82) is 0 Å². The second-order valence-corrected chi connectivity index (χ2v) is 4.70. The summed E-state index contributed by atoms with van der Waals surface area (Å²) >= 11 is 0. The van der Waals surface area contributed by atoms with Crippen molar-refractivity contribution in [2.75, 3.05) is 5.32 Å². The molecule has 0 atom stereocenters. The highest BCUT2D eigenvalue weighted by Gasteiger charge is 2.30. The van der Waals surface area contributed by atoms with Crippen LogP contribution >= 0.6 is 0 Å². The Morgan fingerprint density at radius 3 is 2.67 bits per heavy atom. The Balaban J connectivity index is 2.04. The second kappa shape index (κ2) is 6.56. The largest absolute Gasteiger partial charge is 0.416 e. The van der Waals surface area contributed by atoms with Crippen LogP contribution in [0.25, 0.3) is 0 Å². The van der Waals surface area contributed by atoms with Crippen LogP contribution in [-0.4, -0.2) is 9.97 Å². The quantitative estimate of drug-likeness (QED) is 0.904. The van der Waals surface area contributed by atoms with Crippen molar-refractivity contribution in [2.45, 2.75) is 32.5 Å². The molecule has 1 aromatic carbocycles. The van der Waals surface area contributed by atoms with Crippen molar-refractivity contribution >= 4 is 5.82 Å². The lowest BCUT2D eigenvalue weighted by Gasteiger charge is -2.10. The van der Waals surface area contributed by atoms with Crippen LogP contribution in [0.1, 0.15) is 30.2 Å². The molecule has 0 saturated heterocycles. The van der Waals surface area contributed by atoms with Gasteiger partial charge < -0.3 is 5.32 Å². The van der Waals surface area contributed by atoms with Gasteiger partial charge in [-0.05, 0) is 24.1 Å². The van der Waals surface area contributed by atoms with Crippen molar-refractivity contribution in [1.82, 2.24) is 9.97 Å². The molecule has 21 heavy (non-hydrogen) atoms. The molecule has 1 aromatic heterocycles. The first kappa shape index (κ1) is 15.3. The number of nitrogens with zero attached hydrogens (tertiary/aromatic N) is 2. The summed E-state index contributed by atoms with van der Waals surface area (Å²) in [6.07, 6.45) is -1.04. The summed E-state index contributed by atoms with van der Waals surface area (Å²) in [5.41, 5.74) is 0.829. The number of hydrogen-bond acceptors (Lipinski definition) is 3. The Hall–Kier alpha value is -2.11. The van der Waals surface area contributed by atoms with Gasteiger partial charge in [0.2, 0.25) is 0 Å². The molecule has 0 aliphatic carbocycles. The minimum absolute atomic E-state index is 0.284. The zero-order chi connectivity index (χ0) is 15.3. The molecule has 3 nitrogen and oxygen atoms in total. The van der Waals surface area contributed by atoms with Gasteiger partial charge in [0.1, 0.15) is 12.1 Å². The van der Waals surface area contributed by atoms with E-state index in [-0.39, 0.29) is 6.54 Å². The third-order valence-corrected chi connectivity index (χ3v) is 2.96.